The Bertz CT molecular complexity index is 1190. The van der Waals surface area contributed by atoms with Gasteiger partial charge in [-0.1, -0.05) is 0 Å². The molecule has 0 aliphatic carbocycles. The van der Waals surface area contributed by atoms with Crippen LogP contribution in [0.25, 0.3) is 10.9 Å². The first-order valence-electron chi connectivity index (χ1n) is 11.2. The molecule has 3 aromatic rings. The van der Waals surface area contributed by atoms with Gasteiger partial charge in [0, 0.05) is 11.5 Å². The van der Waals surface area contributed by atoms with E-state index in [1.165, 1.54) is 24.9 Å². The lowest BCUT2D eigenvalue weighted by Gasteiger charge is -2.41. The first-order valence-corrected chi connectivity index (χ1v) is 12.0. The Morgan fingerprint density at radius 3 is 2.68 bits per heavy atom. The maximum Gasteiger partial charge on any atom is 0.204 e. The molecule has 0 unspecified atom stereocenters. The van der Waals surface area contributed by atoms with Crippen molar-refractivity contribution < 1.29 is 22.8 Å². The average molecular weight is 534 g/mol. The fourth-order valence-corrected chi connectivity index (χ4v) is 4.76. The number of rotatable bonds is 9. The molecule has 4 rings (SSSR count). The number of quaternary nitrogens is 1. The molecule has 1 aliphatic heterocycles. The van der Waals surface area contributed by atoms with Crippen molar-refractivity contribution >= 4 is 50.3 Å². The van der Waals surface area contributed by atoms with Crippen LogP contribution < -0.4 is 15.8 Å². The summed E-state index contributed by atoms with van der Waals surface area (Å²) in [5.41, 5.74) is 7.14. The lowest BCUT2D eigenvalue weighted by atomic mass is 10.1. The fraction of sp³-hybridized carbons (Fsp3) is 0.375. The molecule has 1 radical (unpaired) electrons. The molecule has 0 atom stereocenters. The molecule has 0 bridgehead atoms. The van der Waals surface area contributed by atoms with Gasteiger partial charge in [-0.25, -0.2) is 18.7 Å². The monoisotopic (exact) mass is 533 g/mol. The molecule has 34 heavy (non-hydrogen) atoms. The highest BCUT2D eigenvalue weighted by molar-refractivity contribution is 9.10. The second-order valence-electron chi connectivity index (χ2n) is 8.52. The van der Waals surface area contributed by atoms with Crippen LogP contribution in [0.3, 0.4) is 0 Å². The van der Waals surface area contributed by atoms with Crippen LogP contribution in [0, 0.1) is 11.6 Å². The summed E-state index contributed by atoms with van der Waals surface area (Å²) in [6.45, 7) is 4.08. The normalized spacial score (nSPS) is 15.3. The number of carbonyl (C=O) groups excluding carboxylic acids is 1. The third-order valence-corrected chi connectivity index (χ3v) is 6.94. The Labute approximate surface area is 205 Å². The van der Waals surface area contributed by atoms with E-state index in [1.54, 1.807) is 12.1 Å². The second kappa shape index (κ2) is 10.6. The quantitative estimate of drug-likeness (QED) is 0.231. The molecule has 3 N–H and O–H groups in total. The number of aromatic nitrogens is 2. The van der Waals surface area contributed by atoms with Crippen molar-refractivity contribution in [2.24, 2.45) is 0 Å². The summed E-state index contributed by atoms with van der Waals surface area (Å²) in [5.74, 6) is -1.21. The van der Waals surface area contributed by atoms with Gasteiger partial charge in [0.15, 0.2) is 11.6 Å². The first-order chi connectivity index (χ1) is 16.4. The standard InChI is InChI=1S/C24H26BrF2N5O2/c25-17-5-6-19(23(27)22(17)26)31-24-16-13-18(28)21(14-20(16)29-15-30-24)34-12-10-32(9-4-11-33)7-2-1-3-8-32/h5-6,13-15H,1-4,7-10,12,28H2,(H,29,30,31)/q+1. The van der Waals surface area contributed by atoms with E-state index in [-0.39, 0.29) is 10.2 Å². The van der Waals surface area contributed by atoms with E-state index in [1.807, 2.05) is 6.29 Å². The molecular formula is C24H26BrF2N5O2+. The lowest BCUT2D eigenvalue weighted by Crippen LogP contribution is -2.54. The molecule has 1 aromatic heterocycles. The van der Waals surface area contributed by atoms with Gasteiger partial charge in [0.05, 0.1) is 47.4 Å². The molecule has 7 nitrogen and oxygen atoms in total. The van der Waals surface area contributed by atoms with E-state index in [0.717, 1.165) is 43.5 Å². The fourth-order valence-electron chi connectivity index (χ4n) is 4.45. The van der Waals surface area contributed by atoms with E-state index < -0.39 is 11.6 Å². The van der Waals surface area contributed by atoms with E-state index >= 15 is 0 Å². The number of nitrogen functional groups attached to an aromatic ring is 1. The highest BCUT2D eigenvalue weighted by Crippen LogP contribution is 2.33. The Morgan fingerprint density at radius 2 is 1.91 bits per heavy atom. The van der Waals surface area contributed by atoms with Crippen molar-refractivity contribution in [2.75, 3.05) is 43.8 Å². The van der Waals surface area contributed by atoms with Gasteiger partial charge in [0.1, 0.15) is 31.0 Å². The Morgan fingerprint density at radius 1 is 1.12 bits per heavy atom. The average Bonchev–Trinajstić information content (AvgIpc) is 2.84. The minimum absolute atomic E-state index is 0.0343. The van der Waals surface area contributed by atoms with Crippen molar-refractivity contribution in [3.8, 4) is 5.75 Å². The second-order valence-corrected chi connectivity index (χ2v) is 9.37. The van der Waals surface area contributed by atoms with Crippen molar-refractivity contribution in [2.45, 2.75) is 25.7 Å². The highest BCUT2D eigenvalue weighted by atomic mass is 79.9. The minimum atomic E-state index is -1.02. The zero-order chi connectivity index (χ0) is 24.1. The van der Waals surface area contributed by atoms with Gasteiger partial charge in [0.2, 0.25) is 6.29 Å². The van der Waals surface area contributed by atoms with Gasteiger partial charge >= 0.3 is 0 Å². The van der Waals surface area contributed by atoms with Gasteiger partial charge in [-0.15, -0.1) is 0 Å². The van der Waals surface area contributed by atoms with Crippen molar-refractivity contribution in [1.82, 2.24) is 9.97 Å². The third kappa shape index (κ3) is 5.28. The number of ether oxygens (including phenoxy) is 1. The third-order valence-electron chi connectivity index (χ3n) is 6.33. The summed E-state index contributed by atoms with van der Waals surface area (Å²) < 4.78 is 35.2. The number of hydrogen-bond donors (Lipinski definition) is 2. The Hall–Kier alpha value is -2.85. The van der Waals surface area contributed by atoms with Crippen LogP contribution in [0.5, 0.6) is 5.75 Å². The number of likely N-dealkylation sites (tertiary alicyclic amines) is 1. The molecule has 1 saturated heterocycles. The number of nitrogens with one attached hydrogen (secondary N) is 1. The van der Waals surface area contributed by atoms with Gasteiger partial charge < -0.3 is 20.3 Å². The summed E-state index contributed by atoms with van der Waals surface area (Å²) in [6, 6.07) is 6.21. The topological polar surface area (TPSA) is 90.1 Å². The predicted octanol–water partition coefficient (Wildman–Crippen LogP) is 4.88. The summed E-state index contributed by atoms with van der Waals surface area (Å²) >= 11 is 2.97. The van der Waals surface area contributed by atoms with Crippen LogP contribution in [0.4, 0.5) is 26.0 Å². The molecule has 1 aliphatic rings. The van der Waals surface area contributed by atoms with Gasteiger partial charge in [0.25, 0.3) is 0 Å². The summed E-state index contributed by atoms with van der Waals surface area (Å²) in [6.07, 6.45) is 7.28. The van der Waals surface area contributed by atoms with E-state index in [4.69, 9.17) is 10.5 Å². The molecule has 0 spiro atoms. The number of benzene rings is 2. The zero-order valence-electron chi connectivity index (χ0n) is 18.6. The van der Waals surface area contributed by atoms with Crippen LogP contribution in [0.1, 0.15) is 25.7 Å². The largest absolute Gasteiger partial charge is 0.485 e. The molecule has 1 fully saturated rings. The molecule has 0 amide bonds. The summed E-state index contributed by atoms with van der Waals surface area (Å²) in [4.78, 5) is 19.3. The van der Waals surface area contributed by atoms with E-state index in [9.17, 15) is 13.6 Å². The van der Waals surface area contributed by atoms with Gasteiger partial charge in [-0.3, -0.25) is 4.79 Å². The smallest absolute Gasteiger partial charge is 0.204 e. The number of nitrogens with zero attached hydrogens (tertiary/aromatic N) is 3. The van der Waals surface area contributed by atoms with Crippen LogP contribution in [0.15, 0.2) is 35.1 Å². The molecule has 2 aromatic carbocycles. The highest BCUT2D eigenvalue weighted by Gasteiger charge is 2.29. The van der Waals surface area contributed by atoms with Crippen molar-refractivity contribution in [1.29, 1.82) is 0 Å². The number of hydrogen-bond acceptors (Lipinski definition) is 6. The van der Waals surface area contributed by atoms with E-state index in [2.05, 4.69) is 31.2 Å². The number of piperidine rings is 1. The lowest BCUT2D eigenvalue weighted by molar-refractivity contribution is -0.931. The minimum Gasteiger partial charge on any atom is -0.485 e. The molecular weight excluding hydrogens is 508 g/mol. The summed E-state index contributed by atoms with van der Waals surface area (Å²) in [5, 5.41) is 3.38. The number of fused-ring (bicyclic) bond motifs is 1. The van der Waals surface area contributed by atoms with Crippen LogP contribution in [-0.4, -0.2) is 53.5 Å². The molecule has 0 saturated carbocycles. The van der Waals surface area contributed by atoms with Crippen LogP contribution in [-0.2, 0) is 4.79 Å². The molecule has 2 heterocycles. The van der Waals surface area contributed by atoms with Gasteiger partial charge in [-0.2, -0.15) is 0 Å². The number of anilines is 3. The van der Waals surface area contributed by atoms with Gasteiger partial charge in [-0.05, 0) is 53.4 Å². The Balaban J connectivity index is 1.52. The summed E-state index contributed by atoms with van der Waals surface area (Å²) in [7, 11) is 0. The molecule has 10 heteroatoms. The predicted molar refractivity (Wildman–Crippen MR) is 131 cm³/mol. The first kappa shape index (κ1) is 24.3. The van der Waals surface area contributed by atoms with Crippen molar-refractivity contribution in [3.63, 3.8) is 0 Å². The molecule has 179 valence electrons. The van der Waals surface area contributed by atoms with Crippen molar-refractivity contribution in [3.05, 3.63) is 46.7 Å². The van der Waals surface area contributed by atoms with Crippen LogP contribution in [0.2, 0.25) is 0 Å². The Kier molecular flexibility index (Phi) is 7.57. The maximum atomic E-state index is 14.3. The number of halogens is 3. The van der Waals surface area contributed by atoms with E-state index in [0.29, 0.717) is 41.2 Å². The number of nitrogens with two attached hydrogens (primary N) is 1. The zero-order valence-corrected chi connectivity index (χ0v) is 20.2. The van der Waals surface area contributed by atoms with Crippen LogP contribution >= 0.6 is 15.9 Å². The SMILES string of the molecule is Nc1cc2c(Nc3ccc(Br)c(F)c3F)ncnc2cc1OCC[N+]1(CC[C]=O)CCCCC1. The maximum absolute atomic E-state index is 14.3.